The van der Waals surface area contributed by atoms with Crippen molar-refractivity contribution in [2.24, 2.45) is 0 Å². The quantitative estimate of drug-likeness (QED) is 0.290. The molecule has 0 aromatic heterocycles. The highest BCUT2D eigenvalue weighted by Gasteiger charge is 1.96. The van der Waals surface area contributed by atoms with E-state index >= 15 is 0 Å². The minimum atomic E-state index is -0.688. The Morgan fingerprint density at radius 3 is 2.69 bits per heavy atom. The Hall–Kier alpha value is -0.420. The third-order valence-corrected chi connectivity index (χ3v) is 1.51. The number of rotatable bonds is 8. The molecular weight excluding hydrogens is 170 g/mol. The first-order valence-electron chi connectivity index (χ1n) is 4.50. The summed E-state index contributed by atoms with van der Waals surface area (Å²) in [5.74, 6) is 0. The molecule has 0 heterocycles. The fraction of sp³-hybridized carbons (Fsp3) is 0.778. The Balaban J connectivity index is 3.03. The Morgan fingerprint density at radius 2 is 2.15 bits per heavy atom. The first-order valence-corrected chi connectivity index (χ1v) is 4.50. The van der Waals surface area contributed by atoms with Gasteiger partial charge in [-0.15, -0.1) is 0 Å². The van der Waals surface area contributed by atoms with Crippen molar-refractivity contribution in [3.63, 3.8) is 0 Å². The number of unbranched alkanes of at least 4 members (excludes halogenated alkanes) is 1. The maximum atomic E-state index is 9.00. The van der Waals surface area contributed by atoms with E-state index in [1.807, 2.05) is 0 Å². The normalized spacial score (nSPS) is 15.3. The number of aliphatic hydroxyl groups excluding tert-OH is 2. The van der Waals surface area contributed by atoms with Crippen molar-refractivity contribution < 1.29 is 14.9 Å². The first-order chi connectivity index (χ1) is 6.16. The van der Waals surface area contributed by atoms with E-state index in [2.05, 4.69) is 11.9 Å². The summed E-state index contributed by atoms with van der Waals surface area (Å²) in [6.45, 7) is 6.28. The third-order valence-electron chi connectivity index (χ3n) is 1.51. The van der Waals surface area contributed by atoms with Gasteiger partial charge in [-0.2, -0.15) is 0 Å². The zero-order valence-corrected chi connectivity index (χ0v) is 8.07. The van der Waals surface area contributed by atoms with Gasteiger partial charge < -0.3 is 14.9 Å². The van der Waals surface area contributed by atoms with Crippen LogP contribution < -0.4 is 5.32 Å². The van der Waals surface area contributed by atoms with Gasteiger partial charge >= 0.3 is 0 Å². The van der Waals surface area contributed by atoms with Crippen molar-refractivity contribution >= 4 is 0 Å². The number of aliphatic hydroxyl groups is 2. The summed E-state index contributed by atoms with van der Waals surface area (Å²) in [5.41, 5.74) is 0. The summed E-state index contributed by atoms with van der Waals surface area (Å²) in [6.07, 6.45) is 1.88. The molecule has 0 spiro atoms. The summed E-state index contributed by atoms with van der Waals surface area (Å²) in [4.78, 5) is 0. The molecule has 0 saturated heterocycles. The highest BCUT2D eigenvalue weighted by molar-refractivity contribution is 4.75. The van der Waals surface area contributed by atoms with Crippen molar-refractivity contribution in [1.82, 2.24) is 5.32 Å². The molecule has 4 nitrogen and oxygen atoms in total. The minimum absolute atomic E-state index is 0.545. The molecule has 13 heavy (non-hydrogen) atoms. The van der Waals surface area contributed by atoms with Gasteiger partial charge in [-0.25, -0.2) is 0 Å². The minimum Gasteiger partial charge on any atom is -0.375 e. The predicted octanol–water partition coefficient (Wildman–Crippen LogP) is 0.216. The van der Waals surface area contributed by atoms with Crippen LogP contribution in [-0.4, -0.2) is 35.9 Å². The molecule has 0 amide bonds. The second-order valence-corrected chi connectivity index (χ2v) is 2.81. The van der Waals surface area contributed by atoms with Crippen molar-refractivity contribution in [2.75, 3.05) is 13.2 Å². The highest BCUT2D eigenvalue weighted by Crippen LogP contribution is 1.92. The van der Waals surface area contributed by atoms with E-state index in [1.165, 1.54) is 6.08 Å². The van der Waals surface area contributed by atoms with Crippen LogP contribution in [0.4, 0.5) is 0 Å². The molecule has 0 radical (unpaired) electrons. The van der Waals surface area contributed by atoms with E-state index in [0.717, 1.165) is 19.4 Å². The van der Waals surface area contributed by atoms with Crippen LogP contribution in [0.25, 0.3) is 0 Å². The van der Waals surface area contributed by atoms with Crippen molar-refractivity contribution in [1.29, 1.82) is 0 Å². The van der Waals surface area contributed by atoms with Crippen LogP contribution in [0, 0.1) is 0 Å². The molecule has 2 atom stereocenters. The molecule has 0 aliphatic carbocycles. The van der Waals surface area contributed by atoms with Crippen LogP contribution in [0.1, 0.15) is 19.8 Å². The molecular formula is C9H19NO3. The zero-order chi connectivity index (χ0) is 10.1. The van der Waals surface area contributed by atoms with Gasteiger partial charge in [0.1, 0.15) is 6.23 Å². The molecule has 0 bridgehead atoms. The molecule has 3 N–H and O–H groups in total. The van der Waals surface area contributed by atoms with Crippen LogP contribution in [0.15, 0.2) is 12.7 Å². The van der Waals surface area contributed by atoms with Crippen LogP contribution in [0.5, 0.6) is 0 Å². The zero-order valence-electron chi connectivity index (χ0n) is 8.07. The average molecular weight is 189 g/mol. The van der Waals surface area contributed by atoms with Gasteiger partial charge in [-0.1, -0.05) is 6.58 Å². The van der Waals surface area contributed by atoms with Crippen molar-refractivity contribution in [3.05, 3.63) is 12.7 Å². The smallest absolute Gasteiger partial charge is 0.151 e. The second kappa shape index (κ2) is 8.19. The van der Waals surface area contributed by atoms with Gasteiger partial charge in [0.25, 0.3) is 0 Å². The van der Waals surface area contributed by atoms with Crippen molar-refractivity contribution in [3.8, 4) is 0 Å². The maximum absolute atomic E-state index is 9.00. The lowest BCUT2D eigenvalue weighted by Gasteiger charge is -2.08. The van der Waals surface area contributed by atoms with E-state index in [1.54, 1.807) is 6.92 Å². The summed E-state index contributed by atoms with van der Waals surface area (Å²) < 4.78 is 4.92. The summed E-state index contributed by atoms with van der Waals surface area (Å²) >= 11 is 0. The van der Waals surface area contributed by atoms with E-state index in [4.69, 9.17) is 14.9 Å². The Kier molecular flexibility index (Phi) is 7.93. The standard InChI is InChI=1S/C9H19NO3/c1-3-9(12)10-6-4-5-7-13-8(2)11/h3,8-12H,1,4-7H2,2H3. The Morgan fingerprint density at radius 1 is 1.46 bits per heavy atom. The molecule has 0 aromatic rings. The molecule has 0 aliphatic heterocycles. The lowest BCUT2D eigenvalue weighted by Crippen LogP contribution is -2.27. The maximum Gasteiger partial charge on any atom is 0.151 e. The summed E-state index contributed by atoms with van der Waals surface area (Å²) in [6, 6.07) is 0. The van der Waals surface area contributed by atoms with Gasteiger partial charge in [0, 0.05) is 6.61 Å². The van der Waals surface area contributed by atoms with E-state index in [9.17, 15) is 0 Å². The lowest BCUT2D eigenvalue weighted by atomic mass is 10.3. The van der Waals surface area contributed by atoms with Crippen LogP contribution in [-0.2, 0) is 4.74 Å². The monoisotopic (exact) mass is 189 g/mol. The highest BCUT2D eigenvalue weighted by atomic mass is 16.6. The topological polar surface area (TPSA) is 61.7 Å². The fourth-order valence-corrected chi connectivity index (χ4v) is 0.814. The Bertz CT molecular complexity index is 128. The number of hydrogen-bond donors (Lipinski definition) is 3. The molecule has 78 valence electrons. The predicted molar refractivity (Wildman–Crippen MR) is 51.1 cm³/mol. The molecule has 4 heteroatoms. The van der Waals surface area contributed by atoms with Crippen LogP contribution in [0.2, 0.25) is 0 Å². The van der Waals surface area contributed by atoms with Crippen molar-refractivity contribution in [2.45, 2.75) is 32.3 Å². The largest absolute Gasteiger partial charge is 0.375 e. The first kappa shape index (κ1) is 12.6. The van der Waals surface area contributed by atoms with E-state index in [-0.39, 0.29) is 0 Å². The number of ether oxygens (including phenoxy) is 1. The van der Waals surface area contributed by atoms with E-state index < -0.39 is 12.5 Å². The van der Waals surface area contributed by atoms with Crippen LogP contribution in [0.3, 0.4) is 0 Å². The van der Waals surface area contributed by atoms with Gasteiger partial charge in [-0.3, -0.25) is 5.32 Å². The molecule has 0 aromatic carbocycles. The lowest BCUT2D eigenvalue weighted by molar-refractivity contribution is -0.0858. The summed E-state index contributed by atoms with van der Waals surface area (Å²) in [5, 5.41) is 20.6. The fourth-order valence-electron chi connectivity index (χ4n) is 0.814. The number of hydrogen-bond acceptors (Lipinski definition) is 4. The molecule has 0 fully saturated rings. The van der Waals surface area contributed by atoms with Gasteiger partial charge in [-0.05, 0) is 32.4 Å². The third kappa shape index (κ3) is 9.49. The Labute approximate surface area is 79.2 Å². The molecule has 2 unspecified atom stereocenters. The van der Waals surface area contributed by atoms with Gasteiger partial charge in [0.2, 0.25) is 0 Å². The molecule has 0 rings (SSSR count). The van der Waals surface area contributed by atoms with Gasteiger partial charge in [0.05, 0.1) is 0 Å². The summed E-state index contributed by atoms with van der Waals surface area (Å²) in [7, 11) is 0. The second-order valence-electron chi connectivity index (χ2n) is 2.81. The molecule has 0 aliphatic rings. The number of nitrogens with one attached hydrogen (secondary N) is 1. The van der Waals surface area contributed by atoms with Crippen LogP contribution >= 0.6 is 0 Å². The SMILES string of the molecule is C=CC(O)NCCCCOC(C)O. The molecule has 0 saturated carbocycles. The van der Waals surface area contributed by atoms with E-state index in [0.29, 0.717) is 6.61 Å². The van der Waals surface area contributed by atoms with Gasteiger partial charge in [0.15, 0.2) is 6.29 Å². The average Bonchev–Trinajstić information content (AvgIpc) is 2.10.